The predicted molar refractivity (Wildman–Crippen MR) is 92.2 cm³/mol. The maximum absolute atomic E-state index is 4.73. The van der Waals surface area contributed by atoms with Crippen LogP contribution in [0.1, 0.15) is 50.7 Å². The van der Waals surface area contributed by atoms with Crippen molar-refractivity contribution in [2.24, 2.45) is 0 Å². The number of aromatic nitrogens is 4. The van der Waals surface area contributed by atoms with Gasteiger partial charge >= 0.3 is 141 Å². The van der Waals surface area contributed by atoms with Crippen LogP contribution in [0, 0.1) is 0 Å². The first-order valence-corrected chi connectivity index (χ1v) is 10.5. The molecule has 22 heavy (non-hydrogen) atoms. The van der Waals surface area contributed by atoms with E-state index < -0.39 is 0 Å². The van der Waals surface area contributed by atoms with Gasteiger partial charge in [0.1, 0.15) is 0 Å². The second kappa shape index (κ2) is 5.24. The van der Waals surface area contributed by atoms with Gasteiger partial charge in [-0.15, -0.1) is 0 Å². The van der Waals surface area contributed by atoms with E-state index in [0.29, 0.717) is 11.8 Å². The van der Waals surface area contributed by atoms with Crippen molar-refractivity contribution >= 4 is 62.8 Å². The van der Waals surface area contributed by atoms with Crippen LogP contribution in [0.5, 0.6) is 0 Å². The molecule has 4 aromatic rings. The summed E-state index contributed by atoms with van der Waals surface area (Å²) in [6.07, 6.45) is 0. The molecule has 2 heterocycles. The topological polar surface area (TPSA) is 51.6 Å². The van der Waals surface area contributed by atoms with E-state index in [1.165, 1.54) is 21.9 Å². The zero-order chi connectivity index (χ0) is 15.4. The summed E-state index contributed by atoms with van der Waals surface area (Å²) >= 11 is -0.0224. The Labute approximate surface area is 141 Å². The summed E-state index contributed by atoms with van der Waals surface area (Å²) in [6.45, 7) is 8.87. The van der Waals surface area contributed by atoms with Crippen LogP contribution in [0.4, 0.5) is 0 Å². The molecule has 4 nitrogen and oxygen atoms in total. The fraction of sp³-hybridized carbons (Fsp3) is 0.375. The summed E-state index contributed by atoms with van der Waals surface area (Å²) in [5.74, 6) is 0.880. The van der Waals surface area contributed by atoms with Gasteiger partial charge in [0, 0.05) is 0 Å². The number of hydrogen-bond acceptors (Lipinski definition) is 4. The molecule has 0 aliphatic carbocycles. The van der Waals surface area contributed by atoms with Gasteiger partial charge in [0.15, 0.2) is 0 Å². The van der Waals surface area contributed by atoms with E-state index in [-0.39, 0.29) is 29.9 Å². The zero-order valence-electron chi connectivity index (χ0n) is 12.9. The van der Waals surface area contributed by atoms with Crippen molar-refractivity contribution in [3.8, 4) is 0 Å². The minimum absolute atomic E-state index is 0.0112. The summed E-state index contributed by atoms with van der Waals surface area (Å²) in [5, 5.41) is 2.42. The van der Waals surface area contributed by atoms with Crippen LogP contribution in [0.25, 0.3) is 32.8 Å². The average molecular weight is 422 g/mol. The van der Waals surface area contributed by atoms with Gasteiger partial charge in [0.05, 0.1) is 0 Å². The number of hydrogen-bond donors (Lipinski definition) is 0. The number of nitrogens with zero attached hydrogens (tertiary/aromatic N) is 4. The molecule has 6 heteroatoms. The van der Waals surface area contributed by atoms with Gasteiger partial charge < -0.3 is 0 Å². The summed E-state index contributed by atoms with van der Waals surface area (Å²) in [4.78, 5) is 0. The van der Waals surface area contributed by atoms with E-state index in [4.69, 9.17) is 7.96 Å². The third-order valence-electron chi connectivity index (χ3n) is 4.17. The van der Waals surface area contributed by atoms with Crippen molar-refractivity contribution in [3.63, 3.8) is 0 Å². The van der Waals surface area contributed by atoms with Crippen LogP contribution in [0.15, 0.2) is 12.1 Å². The molecule has 0 aliphatic heterocycles. The first-order valence-electron chi connectivity index (χ1n) is 7.42. The molecule has 0 fully saturated rings. The summed E-state index contributed by atoms with van der Waals surface area (Å²) < 4.78 is 18.8. The maximum atomic E-state index is 4.73. The van der Waals surface area contributed by atoms with Crippen LogP contribution in [0.2, 0.25) is 0 Å². The monoisotopic (exact) mass is 424 g/mol. The predicted octanol–water partition coefficient (Wildman–Crippen LogP) is 3.09. The summed E-state index contributed by atoms with van der Waals surface area (Å²) in [5.41, 5.74) is 6.97. The molecular formula is C16H16N4Se2. The fourth-order valence-electron chi connectivity index (χ4n) is 2.98. The van der Waals surface area contributed by atoms with E-state index in [0.717, 1.165) is 22.1 Å². The Kier molecular flexibility index (Phi) is 3.46. The molecule has 0 amide bonds. The Balaban J connectivity index is 2.27. The second-order valence-corrected chi connectivity index (χ2v) is 8.48. The Hall–Kier alpha value is -1.06. The summed E-state index contributed by atoms with van der Waals surface area (Å²) in [6, 6.07) is 4.56. The standard InChI is InChI=1S/C16H16N4Se2/c1-7(2)9-5-11-12(15-13(9)17-21-19-15)6-10(8(3)4)14-16(11)20-22-18-14/h5-8H,1-4H3. The van der Waals surface area contributed by atoms with Gasteiger partial charge in [0.2, 0.25) is 0 Å². The first kappa shape index (κ1) is 14.5. The van der Waals surface area contributed by atoms with Gasteiger partial charge in [-0.3, -0.25) is 0 Å². The molecule has 0 atom stereocenters. The Morgan fingerprint density at radius 2 is 1.00 bits per heavy atom. The van der Waals surface area contributed by atoms with Gasteiger partial charge in [-0.05, 0) is 0 Å². The molecule has 0 saturated heterocycles. The third-order valence-corrected chi connectivity index (χ3v) is 6.39. The van der Waals surface area contributed by atoms with Gasteiger partial charge in [0.25, 0.3) is 0 Å². The van der Waals surface area contributed by atoms with Gasteiger partial charge in [-0.2, -0.15) is 0 Å². The molecule has 0 saturated carbocycles. The van der Waals surface area contributed by atoms with Crippen molar-refractivity contribution in [2.45, 2.75) is 39.5 Å². The quantitative estimate of drug-likeness (QED) is 0.466. The Bertz CT molecular complexity index is 916. The Morgan fingerprint density at radius 3 is 1.36 bits per heavy atom. The SMILES string of the molecule is CC(C)c1cc2c(cc(C(C)C)c3n[se]nc32)c2n[se]nc12. The Morgan fingerprint density at radius 1 is 0.636 bits per heavy atom. The molecule has 0 aliphatic rings. The van der Waals surface area contributed by atoms with E-state index in [9.17, 15) is 0 Å². The molecule has 0 unspecified atom stereocenters. The molecule has 0 bridgehead atoms. The first-order chi connectivity index (χ1) is 10.6. The van der Waals surface area contributed by atoms with E-state index in [2.05, 4.69) is 47.8 Å². The molecule has 2 aromatic carbocycles. The fourth-order valence-corrected chi connectivity index (χ4v) is 5.42. The van der Waals surface area contributed by atoms with Crippen LogP contribution in [-0.4, -0.2) is 45.8 Å². The number of rotatable bonds is 2. The van der Waals surface area contributed by atoms with Gasteiger partial charge in [-0.1, -0.05) is 0 Å². The molecule has 0 spiro atoms. The van der Waals surface area contributed by atoms with Crippen molar-refractivity contribution in [1.82, 2.24) is 15.9 Å². The number of fused-ring (bicyclic) bond motifs is 5. The number of benzene rings is 2. The van der Waals surface area contributed by atoms with Crippen molar-refractivity contribution in [1.29, 1.82) is 0 Å². The molecule has 0 radical (unpaired) electrons. The second-order valence-electron chi connectivity index (χ2n) is 6.26. The van der Waals surface area contributed by atoms with E-state index in [1.54, 1.807) is 0 Å². The average Bonchev–Trinajstić information content (AvgIpc) is 3.13. The molecule has 4 rings (SSSR count). The summed E-state index contributed by atoms with van der Waals surface area (Å²) in [7, 11) is 0. The normalized spacial score (nSPS) is 12.5. The van der Waals surface area contributed by atoms with Gasteiger partial charge in [-0.25, -0.2) is 0 Å². The van der Waals surface area contributed by atoms with Crippen LogP contribution >= 0.6 is 0 Å². The van der Waals surface area contributed by atoms with Crippen molar-refractivity contribution < 1.29 is 0 Å². The molecular weight excluding hydrogens is 406 g/mol. The molecule has 2 aromatic heterocycles. The van der Waals surface area contributed by atoms with E-state index >= 15 is 0 Å². The van der Waals surface area contributed by atoms with Crippen molar-refractivity contribution in [2.75, 3.05) is 0 Å². The van der Waals surface area contributed by atoms with Crippen LogP contribution < -0.4 is 0 Å². The minimum atomic E-state index is -0.0112. The third kappa shape index (κ3) is 2.02. The molecule has 0 N–H and O–H groups in total. The zero-order valence-corrected chi connectivity index (χ0v) is 16.3. The van der Waals surface area contributed by atoms with Crippen molar-refractivity contribution in [3.05, 3.63) is 23.3 Å². The van der Waals surface area contributed by atoms with E-state index in [1.807, 2.05) is 0 Å². The molecule has 112 valence electrons. The van der Waals surface area contributed by atoms with Crippen LogP contribution in [0.3, 0.4) is 0 Å². The van der Waals surface area contributed by atoms with Crippen LogP contribution in [-0.2, 0) is 0 Å².